The molecule has 0 saturated heterocycles. The molecule has 0 aromatic heterocycles. The highest BCUT2D eigenvalue weighted by Crippen LogP contribution is 2.22. The third-order valence-corrected chi connectivity index (χ3v) is 2.92. The fourth-order valence-electron chi connectivity index (χ4n) is 1.81. The number of halogens is 1. The number of hydrogen-bond acceptors (Lipinski definition) is 2. The highest BCUT2D eigenvalue weighted by molar-refractivity contribution is 5.85. The summed E-state index contributed by atoms with van der Waals surface area (Å²) in [6, 6.07) is 17.9. The summed E-state index contributed by atoms with van der Waals surface area (Å²) in [6.45, 7) is 1.70. The second-order valence-electron chi connectivity index (χ2n) is 4.25. The van der Waals surface area contributed by atoms with E-state index in [0.717, 1.165) is 11.1 Å². The van der Waals surface area contributed by atoms with Gasteiger partial charge >= 0.3 is 0 Å². The summed E-state index contributed by atoms with van der Waals surface area (Å²) in [7, 11) is 0. The SMILES string of the molecule is C[C@H](O)[C@H](N)c1ccc(-c2ccccc2)cc1.Cl. The lowest BCUT2D eigenvalue weighted by atomic mass is 9.99. The van der Waals surface area contributed by atoms with Crippen molar-refractivity contribution in [3.8, 4) is 11.1 Å². The molecule has 2 rings (SSSR count). The molecule has 2 atom stereocenters. The Morgan fingerprint density at radius 2 is 1.39 bits per heavy atom. The molecule has 2 nitrogen and oxygen atoms in total. The van der Waals surface area contributed by atoms with Crippen molar-refractivity contribution in [2.24, 2.45) is 5.73 Å². The summed E-state index contributed by atoms with van der Waals surface area (Å²) in [5.74, 6) is 0. The smallest absolute Gasteiger partial charge is 0.0704 e. The summed E-state index contributed by atoms with van der Waals surface area (Å²) in [5.41, 5.74) is 9.18. The average molecular weight is 264 g/mol. The van der Waals surface area contributed by atoms with Crippen LogP contribution in [0.5, 0.6) is 0 Å². The topological polar surface area (TPSA) is 46.2 Å². The molecule has 0 heterocycles. The first-order valence-electron chi connectivity index (χ1n) is 5.77. The molecule has 0 unspecified atom stereocenters. The molecule has 2 aromatic rings. The first kappa shape index (κ1) is 14.7. The summed E-state index contributed by atoms with van der Waals surface area (Å²) in [5, 5.41) is 9.44. The van der Waals surface area contributed by atoms with Crippen LogP contribution in [0, 0.1) is 0 Å². The van der Waals surface area contributed by atoms with E-state index < -0.39 is 6.10 Å². The maximum absolute atomic E-state index is 9.44. The van der Waals surface area contributed by atoms with Gasteiger partial charge in [0.1, 0.15) is 0 Å². The predicted octanol–water partition coefficient (Wildman–Crippen LogP) is 3.16. The van der Waals surface area contributed by atoms with E-state index >= 15 is 0 Å². The molecule has 0 fully saturated rings. The van der Waals surface area contributed by atoms with Gasteiger partial charge in [-0.25, -0.2) is 0 Å². The summed E-state index contributed by atoms with van der Waals surface area (Å²) in [6.07, 6.45) is -0.530. The molecule has 0 aliphatic rings. The molecular formula is C15H18ClNO. The largest absolute Gasteiger partial charge is 0.391 e. The maximum Gasteiger partial charge on any atom is 0.0704 e. The third-order valence-electron chi connectivity index (χ3n) is 2.92. The minimum atomic E-state index is -0.530. The van der Waals surface area contributed by atoms with Gasteiger partial charge in [0.25, 0.3) is 0 Å². The molecule has 0 radical (unpaired) electrons. The Morgan fingerprint density at radius 3 is 1.89 bits per heavy atom. The van der Waals surface area contributed by atoms with Gasteiger partial charge in [0.2, 0.25) is 0 Å². The molecule has 0 spiro atoms. The van der Waals surface area contributed by atoms with E-state index in [0.29, 0.717) is 0 Å². The van der Waals surface area contributed by atoms with Gasteiger partial charge in [0, 0.05) is 0 Å². The Labute approximate surface area is 114 Å². The van der Waals surface area contributed by atoms with Crippen LogP contribution in [0.3, 0.4) is 0 Å². The number of aliphatic hydroxyl groups excluding tert-OH is 1. The van der Waals surface area contributed by atoms with Crippen LogP contribution in [0.2, 0.25) is 0 Å². The number of aliphatic hydroxyl groups is 1. The van der Waals surface area contributed by atoms with Crippen LogP contribution in [0.1, 0.15) is 18.5 Å². The second-order valence-corrected chi connectivity index (χ2v) is 4.25. The Bertz CT molecular complexity index is 468. The molecular weight excluding hydrogens is 246 g/mol. The molecule has 3 heteroatoms. The average Bonchev–Trinajstić information content (AvgIpc) is 2.39. The van der Waals surface area contributed by atoms with Crippen LogP contribution in [-0.4, -0.2) is 11.2 Å². The van der Waals surface area contributed by atoms with E-state index in [4.69, 9.17) is 5.73 Å². The molecule has 18 heavy (non-hydrogen) atoms. The lowest BCUT2D eigenvalue weighted by Crippen LogP contribution is -2.22. The maximum atomic E-state index is 9.44. The van der Waals surface area contributed by atoms with Gasteiger partial charge in [-0.05, 0) is 23.6 Å². The fraction of sp³-hybridized carbons (Fsp3) is 0.200. The van der Waals surface area contributed by atoms with Gasteiger partial charge < -0.3 is 10.8 Å². The van der Waals surface area contributed by atoms with Crippen LogP contribution in [0.4, 0.5) is 0 Å². The summed E-state index contributed by atoms with van der Waals surface area (Å²) < 4.78 is 0. The Hall–Kier alpha value is -1.35. The van der Waals surface area contributed by atoms with Crippen molar-refractivity contribution in [1.29, 1.82) is 0 Å². The Morgan fingerprint density at radius 1 is 0.889 bits per heavy atom. The number of nitrogens with two attached hydrogens (primary N) is 1. The van der Waals surface area contributed by atoms with Gasteiger partial charge in [-0.3, -0.25) is 0 Å². The zero-order valence-electron chi connectivity index (χ0n) is 10.3. The van der Waals surface area contributed by atoms with Crippen LogP contribution >= 0.6 is 12.4 Å². The van der Waals surface area contributed by atoms with Crippen LogP contribution in [0.15, 0.2) is 54.6 Å². The molecule has 0 amide bonds. The van der Waals surface area contributed by atoms with Crippen LogP contribution in [0.25, 0.3) is 11.1 Å². The third kappa shape index (κ3) is 3.33. The molecule has 3 N–H and O–H groups in total. The van der Waals surface area contributed by atoms with Crippen molar-refractivity contribution >= 4 is 12.4 Å². The predicted molar refractivity (Wildman–Crippen MR) is 77.7 cm³/mol. The lowest BCUT2D eigenvalue weighted by Gasteiger charge is -2.15. The van der Waals surface area contributed by atoms with Gasteiger partial charge in [-0.2, -0.15) is 0 Å². The minimum Gasteiger partial charge on any atom is -0.391 e. The molecule has 0 saturated carbocycles. The van der Waals surface area contributed by atoms with Gasteiger partial charge in [0.15, 0.2) is 0 Å². The Balaban J connectivity index is 0.00000162. The van der Waals surface area contributed by atoms with E-state index in [1.165, 1.54) is 5.56 Å². The molecule has 0 aliphatic heterocycles. The van der Waals surface area contributed by atoms with Crippen molar-refractivity contribution in [2.75, 3.05) is 0 Å². The number of rotatable bonds is 3. The monoisotopic (exact) mass is 263 g/mol. The standard InChI is InChI=1S/C15H17NO.ClH/c1-11(17)15(16)14-9-7-13(8-10-14)12-5-3-2-4-6-12;/h2-11,15,17H,16H2,1H3;1H/t11-,15-;/m0./s1. The van der Waals surface area contributed by atoms with E-state index in [-0.39, 0.29) is 18.4 Å². The minimum absolute atomic E-state index is 0. The highest BCUT2D eigenvalue weighted by Gasteiger charge is 2.11. The normalized spacial score (nSPS) is 13.5. The quantitative estimate of drug-likeness (QED) is 0.894. The number of hydrogen-bond donors (Lipinski definition) is 2. The van der Waals surface area contributed by atoms with Gasteiger partial charge in [0.05, 0.1) is 12.1 Å². The van der Waals surface area contributed by atoms with Crippen molar-refractivity contribution in [3.05, 3.63) is 60.2 Å². The summed E-state index contributed by atoms with van der Waals surface area (Å²) >= 11 is 0. The van der Waals surface area contributed by atoms with Gasteiger partial charge in [-0.1, -0.05) is 54.6 Å². The van der Waals surface area contributed by atoms with Crippen LogP contribution in [-0.2, 0) is 0 Å². The highest BCUT2D eigenvalue weighted by atomic mass is 35.5. The van der Waals surface area contributed by atoms with Crippen molar-refractivity contribution < 1.29 is 5.11 Å². The van der Waals surface area contributed by atoms with Crippen molar-refractivity contribution in [3.63, 3.8) is 0 Å². The van der Waals surface area contributed by atoms with Crippen LogP contribution < -0.4 is 5.73 Å². The second kappa shape index (κ2) is 6.55. The van der Waals surface area contributed by atoms with E-state index in [1.54, 1.807) is 6.92 Å². The zero-order chi connectivity index (χ0) is 12.3. The first-order chi connectivity index (χ1) is 8.18. The van der Waals surface area contributed by atoms with Crippen molar-refractivity contribution in [1.82, 2.24) is 0 Å². The van der Waals surface area contributed by atoms with Crippen molar-refractivity contribution in [2.45, 2.75) is 19.1 Å². The zero-order valence-corrected chi connectivity index (χ0v) is 11.1. The molecule has 96 valence electrons. The molecule has 0 bridgehead atoms. The van der Waals surface area contributed by atoms with E-state index in [1.807, 2.05) is 42.5 Å². The van der Waals surface area contributed by atoms with E-state index in [2.05, 4.69) is 12.1 Å². The Kier molecular flexibility index (Phi) is 5.35. The fourth-order valence-corrected chi connectivity index (χ4v) is 1.81. The van der Waals surface area contributed by atoms with Gasteiger partial charge in [-0.15, -0.1) is 12.4 Å². The van der Waals surface area contributed by atoms with E-state index in [9.17, 15) is 5.11 Å². The molecule has 2 aromatic carbocycles. The number of benzene rings is 2. The first-order valence-corrected chi connectivity index (χ1v) is 5.77. The summed E-state index contributed by atoms with van der Waals surface area (Å²) in [4.78, 5) is 0. The lowest BCUT2D eigenvalue weighted by molar-refractivity contribution is 0.164. The molecule has 0 aliphatic carbocycles.